The van der Waals surface area contributed by atoms with Crippen LogP contribution in [0.3, 0.4) is 0 Å². The third kappa shape index (κ3) is 2.65. The number of hydrogen-bond donors (Lipinski definition) is 2. The van der Waals surface area contributed by atoms with Crippen LogP contribution in [0.4, 0.5) is 0 Å². The minimum atomic E-state index is -0.122. The van der Waals surface area contributed by atoms with Gasteiger partial charge in [-0.25, -0.2) is 0 Å². The molecule has 3 N–H and O–H groups in total. The molecule has 4 nitrogen and oxygen atoms in total. The van der Waals surface area contributed by atoms with Gasteiger partial charge < -0.3 is 11.1 Å². The van der Waals surface area contributed by atoms with Crippen LogP contribution >= 0.6 is 0 Å². The third-order valence-corrected chi connectivity index (χ3v) is 2.93. The van der Waals surface area contributed by atoms with Gasteiger partial charge in [0.25, 0.3) is 5.91 Å². The zero-order valence-electron chi connectivity index (χ0n) is 10.4. The van der Waals surface area contributed by atoms with Gasteiger partial charge in [0.15, 0.2) is 0 Å². The van der Waals surface area contributed by atoms with E-state index in [1.165, 1.54) is 0 Å². The highest BCUT2D eigenvalue weighted by molar-refractivity contribution is 6.05. The van der Waals surface area contributed by atoms with Gasteiger partial charge in [-0.2, -0.15) is 0 Å². The molecule has 2 rings (SSSR count). The number of nitrogens with zero attached hydrogens (tertiary/aromatic N) is 1. The van der Waals surface area contributed by atoms with E-state index in [-0.39, 0.29) is 11.9 Å². The summed E-state index contributed by atoms with van der Waals surface area (Å²) >= 11 is 0. The summed E-state index contributed by atoms with van der Waals surface area (Å²) in [6.07, 6.45) is 2.53. The summed E-state index contributed by atoms with van der Waals surface area (Å²) in [5.74, 6) is -0.122. The zero-order chi connectivity index (χ0) is 13.0. The predicted octanol–water partition coefficient (Wildman–Crippen LogP) is 1.70. The van der Waals surface area contributed by atoms with Gasteiger partial charge in [-0.3, -0.25) is 9.78 Å². The highest BCUT2D eigenvalue weighted by Gasteiger charge is 2.11. The first-order chi connectivity index (χ1) is 8.72. The highest BCUT2D eigenvalue weighted by atomic mass is 16.1. The van der Waals surface area contributed by atoms with Gasteiger partial charge in [0.1, 0.15) is 0 Å². The first-order valence-corrected chi connectivity index (χ1v) is 6.10. The maximum Gasteiger partial charge on any atom is 0.253 e. The van der Waals surface area contributed by atoms with Crippen LogP contribution in [0.25, 0.3) is 10.9 Å². The molecule has 94 valence electrons. The van der Waals surface area contributed by atoms with Crippen molar-refractivity contribution in [3.8, 4) is 0 Å². The number of nitrogens with one attached hydrogen (secondary N) is 1. The molecule has 0 saturated carbocycles. The number of nitrogens with two attached hydrogens (primary N) is 1. The Balaban J connectivity index is 2.22. The first-order valence-electron chi connectivity index (χ1n) is 6.10. The van der Waals surface area contributed by atoms with E-state index in [0.717, 1.165) is 17.3 Å². The number of amides is 1. The lowest BCUT2D eigenvalue weighted by Gasteiger charge is -2.11. The molecule has 0 radical (unpaired) electrons. The maximum absolute atomic E-state index is 12.1. The monoisotopic (exact) mass is 243 g/mol. The minimum Gasteiger partial charge on any atom is -0.350 e. The SMILES string of the molecule is CCC(N)CNC(=O)c1cccc2cccnc12. The number of hydrogen-bond acceptors (Lipinski definition) is 3. The number of aromatic nitrogens is 1. The summed E-state index contributed by atoms with van der Waals surface area (Å²) in [5, 5.41) is 3.80. The molecule has 1 atom stereocenters. The molecular weight excluding hydrogens is 226 g/mol. The Labute approximate surface area is 106 Å². The van der Waals surface area contributed by atoms with E-state index in [0.29, 0.717) is 12.1 Å². The Morgan fingerprint density at radius 2 is 2.17 bits per heavy atom. The molecule has 1 unspecified atom stereocenters. The van der Waals surface area contributed by atoms with Crippen molar-refractivity contribution in [3.05, 3.63) is 42.1 Å². The van der Waals surface area contributed by atoms with Crippen molar-refractivity contribution in [2.24, 2.45) is 5.73 Å². The van der Waals surface area contributed by atoms with Crippen molar-refractivity contribution in [3.63, 3.8) is 0 Å². The van der Waals surface area contributed by atoms with Crippen LogP contribution in [-0.4, -0.2) is 23.5 Å². The lowest BCUT2D eigenvalue weighted by Crippen LogP contribution is -2.36. The number of fused-ring (bicyclic) bond motifs is 1. The molecular formula is C14H17N3O. The molecule has 0 spiro atoms. The van der Waals surface area contributed by atoms with E-state index in [2.05, 4.69) is 10.3 Å². The molecule has 0 fully saturated rings. The summed E-state index contributed by atoms with van der Waals surface area (Å²) in [6.45, 7) is 2.48. The molecule has 2 aromatic rings. The maximum atomic E-state index is 12.1. The average molecular weight is 243 g/mol. The number of rotatable bonds is 4. The molecule has 1 amide bonds. The van der Waals surface area contributed by atoms with Gasteiger partial charge in [-0.1, -0.05) is 25.1 Å². The van der Waals surface area contributed by atoms with E-state index >= 15 is 0 Å². The molecule has 0 aliphatic heterocycles. The Morgan fingerprint density at radius 1 is 1.39 bits per heavy atom. The number of carbonyl (C=O) groups excluding carboxylic acids is 1. The van der Waals surface area contributed by atoms with Gasteiger partial charge in [0, 0.05) is 24.2 Å². The second-order valence-electron chi connectivity index (χ2n) is 4.26. The summed E-state index contributed by atoms with van der Waals surface area (Å²) in [6, 6.07) is 9.38. The van der Waals surface area contributed by atoms with Crippen LogP contribution < -0.4 is 11.1 Å². The Bertz CT molecular complexity index is 548. The molecule has 1 heterocycles. The quantitative estimate of drug-likeness (QED) is 0.858. The lowest BCUT2D eigenvalue weighted by molar-refractivity contribution is 0.0952. The molecule has 0 bridgehead atoms. The lowest BCUT2D eigenvalue weighted by atomic mass is 10.1. The number of para-hydroxylation sites is 1. The standard InChI is InChI=1S/C14H17N3O/c1-2-11(15)9-17-14(18)12-7-3-5-10-6-4-8-16-13(10)12/h3-8,11H,2,9,15H2,1H3,(H,17,18). The van der Waals surface area contributed by atoms with Crippen LogP contribution in [0.15, 0.2) is 36.5 Å². The van der Waals surface area contributed by atoms with E-state index < -0.39 is 0 Å². The van der Waals surface area contributed by atoms with Crippen LogP contribution in [0.1, 0.15) is 23.7 Å². The fourth-order valence-electron chi connectivity index (χ4n) is 1.75. The third-order valence-electron chi connectivity index (χ3n) is 2.93. The summed E-state index contributed by atoms with van der Waals surface area (Å²) in [5.41, 5.74) is 7.10. The van der Waals surface area contributed by atoms with Gasteiger partial charge in [-0.15, -0.1) is 0 Å². The van der Waals surface area contributed by atoms with Crippen LogP contribution in [0.5, 0.6) is 0 Å². The largest absolute Gasteiger partial charge is 0.350 e. The van der Waals surface area contributed by atoms with Crippen molar-refractivity contribution >= 4 is 16.8 Å². The molecule has 1 aromatic carbocycles. The van der Waals surface area contributed by atoms with Crippen LogP contribution in [-0.2, 0) is 0 Å². The van der Waals surface area contributed by atoms with Gasteiger partial charge in [-0.05, 0) is 18.6 Å². The molecule has 0 aliphatic rings. The number of pyridine rings is 1. The average Bonchev–Trinajstić information content (AvgIpc) is 2.43. The van der Waals surface area contributed by atoms with E-state index in [1.807, 2.05) is 31.2 Å². The van der Waals surface area contributed by atoms with Crippen molar-refractivity contribution < 1.29 is 4.79 Å². The van der Waals surface area contributed by atoms with Crippen molar-refractivity contribution in [1.29, 1.82) is 0 Å². The molecule has 0 saturated heterocycles. The van der Waals surface area contributed by atoms with Crippen molar-refractivity contribution in [2.75, 3.05) is 6.54 Å². The number of carbonyl (C=O) groups is 1. The topological polar surface area (TPSA) is 68.0 Å². The fraction of sp³-hybridized carbons (Fsp3) is 0.286. The summed E-state index contributed by atoms with van der Waals surface area (Å²) in [4.78, 5) is 16.3. The molecule has 1 aromatic heterocycles. The Morgan fingerprint density at radius 3 is 2.94 bits per heavy atom. The second-order valence-corrected chi connectivity index (χ2v) is 4.26. The van der Waals surface area contributed by atoms with E-state index in [1.54, 1.807) is 12.3 Å². The number of benzene rings is 1. The molecule has 18 heavy (non-hydrogen) atoms. The van der Waals surface area contributed by atoms with Crippen molar-refractivity contribution in [2.45, 2.75) is 19.4 Å². The van der Waals surface area contributed by atoms with Gasteiger partial charge in [0.05, 0.1) is 11.1 Å². The minimum absolute atomic E-state index is 0.00288. The van der Waals surface area contributed by atoms with Crippen molar-refractivity contribution in [1.82, 2.24) is 10.3 Å². The van der Waals surface area contributed by atoms with Gasteiger partial charge >= 0.3 is 0 Å². The van der Waals surface area contributed by atoms with E-state index in [4.69, 9.17) is 5.73 Å². The molecule has 4 heteroatoms. The highest BCUT2D eigenvalue weighted by Crippen LogP contribution is 2.15. The predicted molar refractivity (Wildman–Crippen MR) is 72.3 cm³/mol. The Hall–Kier alpha value is -1.94. The van der Waals surface area contributed by atoms with Crippen LogP contribution in [0, 0.1) is 0 Å². The smallest absolute Gasteiger partial charge is 0.253 e. The summed E-state index contributed by atoms with van der Waals surface area (Å²) in [7, 11) is 0. The van der Waals surface area contributed by atoms with Crippen LogP contribution in [0.2, 0.25) is 0 Å². The first kappa shape index (κ1) is 12.5. The second kappa shape index (κ2) is 5.60. The zero-order valence-corrected chi connectivity index (χ0v) is 10.4. The molecule has 0 aliphatic carbocycles. The van der Waals surface area contributed by atoms with E-state index in [9.17, 15) is 4.79 Å². The fourth-order valence-corrected chi connectivity index (χ4v) is 1.75. The summed E-state index contributed by atoms with van der Waals surface area (Å²) < 4.78 is 0. The van der Waals surface area contributed by atoms with Gasteiger partial charge in [0.2, 0.25) is 0 Å². The Kier molecular flexibility index (Phi) is 3.89. The normalized spacial score (nSPS) is 12.3.